The smallest absolute Gasteiger partial charge is 0.103 e. The summed E-state index contributed by atoms with van der Waals surface area (Å²) < 4.78 is 0. The minimum atomic E-state index is 0.567. The molecule has 0 unspecified atom stereocenters. The van der Waals surface area contributed by atoms with Gasteiger partial charge in [-0.25, -0.2) is 0 Å². The number of hydrogen-bond donors (Lipinski definition) is 1. The number of fused-ring (bicyclic) bond motifs is 1. The van der Waals surface area contributed by atoms with Gasteiger partial charge < -0.3 is 5.32 Å². The first-order valence-corrected chi connectivity index (χ1v) is 6.28. The Labute approximate surface area is 111 Å². The van der Waals surface area contributed by atoms with Crippen molar-refractivity contribution in [3.05, 3.63) is 34.5 Å². The van der Waals surface area contributed by atoms with Crippen LogP contribution in [0.15, 0.2) is 18.3 Å². The van der Waals surface area contributed by atoms with E-state index in [1.165, 1.54) is 0 Å². The Morgan fingerprint density at radius 2 is 2.22 bits per heavy atom. The fourth-order valence-corrected chi connectivity index (χ4v) is 2.00. The number of nitrogens with zero attached hydrogens (tertiary/aromatic N) is 2. The molecule has 1 N–H and O–H groups in total. The first-order valence-electron chi connectivity index (χ1n) is 5.90. The Bertz CT molecular complexity index is 629. The molecule has 0 radical (unpaired) electrons. The first kappa shape index (κ1) is 12.7. The van der Waals surface area contributed by atoms with Crippen LogP contribution in [-0.2, 0) is 0 Å². The van der Waals surface area contributed by atoms with Gasteiger partial charge in [-0.1, -0.05) is 18.5 Å². The molecule has 0 fully saturated rings. The molecule has 0 aliphatic heterocycles. The number of aromatic nitrogens is 1. The van der Waals surface area contributed by atoms with Crippen molar-refractivity contribution in [2.45, 2.75) is 20.3 Å². The monoisotopic (exact) mass is 259 g/mol. The van der Waals surface area contributed by atoms with Gasteiger partial charge in [-0.15, -0.1) is 0 Å². The van der Waals surface area contributed by atoms with Crippen molar-refractivity contribution in [2.75, 3.05) is 11.9 Å². The summed E-state index contributed by atoms with van der Waals surface area (Å²) in [5, 5.41) is 14.1. The van der Waals surface area contributed by atoms with Gasteiger partial charge in [-0.05, 0) is 31.0 Å². The lowest BCUT2D eigenvalue weighted by atomic mass is 10.1. The molecule has 1 heterocycles. The van der Waals surface area contributed by atoms with E-state index >= 15 is 0 Å². The van der Waals surface area contributed by atoms with E-state index in [9.17, 15) is 0 Å². The fraction of sp³-hybridized carbons (Fsp3) is 0.286. The molecule has 0 aliphatic rings. The third kappa shape index (κ3) is 2.25. The topological polar surface area (TPSA) is 48.7 Å². The van der Waals surface area contributed by atoms with Gasteiger partial charge in [0.2, 0.25) is 0 Å². The molecular formula is C14H14ClN3. The molecule has 3 nitrogen and oxygen atoms in total. The standard InChI is InChI=1S/C14H14ClN3/c1-3-4-17-14-10(7-16)8-18-13-6-12(15)9(2)5-11(13)14/h5-6,8H,3-4H2,1-2H3,(H,17,18). The van der Waals surface area contributed by atoms with Crippen LogP contribution in [0.25, 0.3) is 10.9 Å². The molecule has 0 saturated carbocycles. The lowest BCUT2D eigenvalue weighted by Crippen LogP contribution is -2.03. The zero-order valence-corrected chi connectivity index (χ0v) is 11.2. The van der Waals surface area contributed by atoms with E-state index in [0.29, 0.717) is 10.6 Å². The maximum absolute atomic E-state index is 9.15. The predicted octanol–water partition coefficient (Wildman–Crippen LogP) is 3.89. The van der Waals surface area contributed by atoms with Crippen molar-refractivity contribution < 1.29 is 0 Å². The van der Waals surface area contributed by atoms with Crippen molar-refractivity contribution in [3.8, 4) is 6.07 Å². The van der Waals surface area contributed by atoms with Crippen LogP contribution in [0.4, 0.5) is 5.69 Å². The average Bonchev–Trinajstić information content (AvgIpc) is 2.37. The van der Waals surface area contributed by atoms with Crippen LogP contribution in [0.2, 0.25) is 5.02 Å². The van der Waals surface area contributed by atoms with Gasteiger partial charge in [0, 0.05) is 23.2 Å². The fourth-order valence-electron chi connectivity index (χ4n) is 1.85. The molecule has 0 saturated heterocycles. The van der Waals surface area contributed by atoms with Crippen LogP contribution in [0.5, 0.6) is 0 Å². The Morgan fingerprint density at radius 1 is 1.44 bits per heavy atom. The lowest BCUT2D eigenvalue weighted by molar-refractivity contribution is 0.980. The van der Waals surface area contributed by atoms with E-state index in [1.54, 1.807) is 6.20 Å². The molecule has 0 amide bonds. The molecular weight excluding hydrogens is 246 g/mol. The average molecular weight is 260 g/mol. The summed E-state index contributed by atoms with van der Waals surface area (Å²) in [4.78, 5) is 4.28. The highest BCUT2D eigenvalue weighted by Crippen LogP contribution is 2.29. The van der Waals surface area contributed by atoms with Crippen LogP contribution < -0.4 is 5.32 Å². The van der Waals surface area contributed by atoms with Gasteiger partial charge in [-0.3, -0.25) is 4.98 Å². The zero-order chi connectivity index (χ0) is 13.1. The third-order valence-corrected chi connectivity index (χ3v) is 3.23. The number of anilines is 1. The first-order chi connectivity index (χ1) is 8.67. The normalized spacial score (nSPS) is 10.3. The molecule has 4 heteroatoms. The number of nitrogens with one attached hydrogen (secondary N) is 1. The summed E-state index contributed by atoms with van der Waals surface area (Å²) in [5.41, 5.74) is 3.21. The highest BCUT2D eigenvalue weighted by molar-refractivity contribution is 6.32. The third-order valence-electron chi connectivity index (χ3n) is 2.82. The molecule has 1 aromatic carbocycles. The number of pyridine rings is 1. The van der Waals surface area contributed by atoms with E-state index in [0.717, 1.165) is 35.1 Å². The molecule has 18 heavy (non-hydrogen) atoms. The number of nitriles is 1. The highest BCUT2D eigenvalue weighted by atomic mass is 35.5. The lowest BCUT2D eigenvalue weighted by Gasteiger charge is -2.11. The summed E-state index contributed by atoms with van der Waals surface area (Å²) in [6.45, 7) is 4.87. The number of aryl methyl sites for hydroxylation is 1. The minimum absolute atomic E-state index is 0.567. The highest BCUT2D eigenvalue weighted by Gasteiger charge is 2.10. The van der Waals surface area contributed by atoms with E-state index in [-0.39, 0.29) is 0 Å². The second kappa shape index (κ2) is 5.24. The van der Waals surface area contributed by atoms with Gasteiger partial charge in [0.25, 0.3) is 0 Å². The van der Waals surface area contributed by atoms with Crippen LogP contribution in [0, 0.1) is 18.3 Å². The van der Waals surface area contributed by atoms with Crippen molar-refractivity contribution in [3.63, 3.8) is 0 Å². The minimum Gasteiger partial charge on any atom is -0.383 e. The maximum Gasteiger partial charge on any atom is 0.103 e. The summed E-state index contributed by atoms with van der Waals surface area (Å²) in [6.07, 6.45) is 2.59. The Hall–Kier alpha value is -1.79. The van der Waals surface area contributed by atoms with Gasteiger partial charge in [0.1, 0.15) is 6.07 Å². The summed E-state index contributed by atoms with van der Waals surface area (Å²) in [5.74, 6) is 0. The van der Waals surface area contributed by atoms with Crippen LogP contribution in [-0.4, -0.2) is 11.5 Å². The van der Waals surface area contributed by atoms with E-state index in [1.807, 2.05) is 19.1 Å². The molecule has 2 rings (SSSR count). The molecule has 1 aromatic heterocycles. The quantitative estimate of drug-likeness (QED) is 0.910. The van der Waals surface area contributed by atoms with E-state index in [4.69, 9.17) is 16.9 Å². The Kier molecular flexibility index (Phi) is 3.69. The molecule has 0 spiro atoms. The zero-order valence-electron chi connectivity index (χ0n) is 10.4. The summed E-state index contributed by atoms with van der Waals surface area (Å²) in [7, 11) is 0. The van der Waals surface area contributed by atoms with E-state index < -0.39 is 0 Å². The van der Waals surface area contributed by atoms with Crippen LogP contribution in [0.3, 0.4) is 0 Å². The van der Waals surface area contributed by atoms with Crippen LogP contribution in [0.1, 0.15) is 24.5 Å². The van der Waals surface area contributed by atoms with Gasteiger partial charge in [-0.2, -0.15) is 5.26 Å². The number of hydrogen-bond acceptors (Lipinski definition) is 3. The van der Waals surface area contributed by atoms with E-state index in [2.05, 4.69) is 23.3 Å². The maximum atomic E-state index is 9.15. The number of benzene rings is 1. The van der Waals surface area contributed by atoms with Crippen molar-refractivity contribution in [2.24, 2.45) is 0 Å². The largest absolute Gasteiger partial charge is 0.383 e. The molecule has 2 aromatic rings. The predicted molar refractivity (Wildman–Crippen MR) is 75.0 cm³/mol. The SMILES string of the molecule is CCCNc1c(C#N)cnc2cc(Cl)c(C)cc12. The van der Waals surface area contributed by atoms with Crippen LogP contribution >= 0.6 is 11.6 Å². The van der Waals surface area contributed by atoms with Crippen molar-refractivity contribution >= 4 is 28.2 Å². The summed E-state index contributed by atoms with van der Waals surface area (Å²) >= 11 is 6.09. The molecule has 92 valence electrons. The molecule has 0 bridgehead atoms. The van der Waals surface area contributed by atoms with Gasteiger partial charge in [0.05, 0.1) is 16.8 Å². The second-order valence-electron chi connectivity index (χ2n) is 4.20. The Morgan fingerprint density at radius 3 is 2.89 bits per heavy atom. The number of rotatable bonds is 3. The van der Waals surface area contributed by atoms with Crippen molar-refractivity contribution in [1.82, 2.24) is 4.98 Å². The Balaban J connectivity index is 2.68. The molecule has 0 atom stereocenters. The van der Waals surface area contributed by atoms with Gasteiger partial charge >= 0.3 is 0 Å². The van der Waals surface area contributed by atoms with Gasteiger partial charge in [0.15, 0.2) is 0 Å². The van der Waals surface area contributed by atoms with Crippen molar-refractivity contribution in [1.29, 1.82) is 5.26 Å². The second-order valence-corrected chi connectivity index (χ2v) is 4.61. The molecule has 0 aliphatic carbocycles. The summed E-state index contributed by atoms with van der Waals surface area (Å²) in [6, 6.07) is 5.99. The number of halogens is 1.